The van der Waals surface area contributed by atoms with Crippen LogP contribution in [0.15, 0.2) is 0 Å². The lowest BCUT2D eigenvalue weighted by Crippen LogP contribution is -2.53. The van der Waals surface area contributed by atoms with Crippen LogP contribution >= 0.6 is 0 Å². The Bertz CT molecular complexity index is 993. The van der Waals surface area contributed by atoms with Crippen LogP contribution in [0.3, 0.4) is 0 Å². The maximum Gasteiger partial charge on any atom is 0.320 e. The van der Waals surface area contributed by atoms with Crippen molar-refractivity contribution < 1.29 is 28.6 Å². The van der Waals surface area contributed by atoms with Crippen LogP contribution in [0.25, 0.3) is 0 Å². The number of piperidine rings is 3. The molecule has 0 aliphatic carbocycles. The van der Waals surface area contributed by atoms with Gasteiger partial charge in [0, 0.05) is 81.2 Å². The summed E-state index contributed by atoms with van der Waals surface area (Å²) in [6, 6.07) is 1.75. The predicted octanol–water partition coefficient (Wildman–Crippen LogP) is 7.98. The molecule has 0 aromatic heterocycles. The molecule has 3 saturated heterocycles. The highest BCUT2D eigenvalue weighted by molar-refractivity contribution is 5.95. The van der Waals surface area contributed by atoms with E-state index in [1.54, 1.807) is 0 Å². The smallest absolute Gasteiger partial charge is 0.320 e. The predicted molar refractivity (Wildman–Crippen MR) is 210 cm³/mol. The summed E-state index contributed by atoms with van der Waals surface area (Å²) in [4.78, 5) is 40.6. The van der Waals surface area contributed by atoms with Crippen LogP contribution in [0.4, 0.5) is 0 Å². The Kier molecular flexibility index (Phi) is 18.4. The minimum Gasteiger partial charge on any atom is -0.462 e. The highest BCUT2D eigenvalue weighted by atomic mass is 16.6. The van der Waals surface area contributed by atoms with Gasteiger partial charge in [0.1, 0.15) is 18.3 Å². The summed E-state index contributed by atoms with van der Waals surface area (Å²) in [6.07, 6.45) is 8.09. The first-order valence-corrected chi connectivity index (χ1v) is 21.3. The molecular weight excluding hydrogens is 654 g/mol. The summed E-state index contributed by atoms with van der Waals surface area (Å²) in [6.45, 7) is 26.5. The molecule has 0 aromatic rings. The second-order valence-electron chi connectivity index (χ2n) is 18.8. The van der Waals surface area contributed by atoms with Gasteiger partial charge in [-0.15, -0.1) is 0 Å². The number of hydrogen-bond donors (Lipinski definition) is 3. The largest absolute Gasteiger partial charge is 0.462 e. The van der Waals surface area contributed by atoms with E-state index in [9.17, 15) is 14.4 Å². The van der Waals surface area contributed by atoms with Crippen molar-refractivity contribution >= 4 is 17.9 Å². The molecule has 0 amide bonds. The molecular formula is C43H79N3O6. The molecule has 0 bridgehead atoms. The van der Waals surface area contributed by atoms with Crippen LogP contribution < -0.4 is 16.0 Å². The number of carbonyl (C=O) groups excluding carboxylic acids is 3. The summed E-state index contributed by atoms with van der Waals surface area (Å²) in [5, 5.41) is 11.3. The van der Waals surface area contributed by atoms with Crippen molar-refractivity contribution in [3.05, 3.63) is 0 Å². The van der Waals surface area contributed by atoms with Crippen LogP contribution in [0, 0.1) is 41.4 Å². The number of unbranched alkanes of at least 4 members (excludes halogenated alkanes) is 3. The zero-order valence-corrected chi connectivity index (χ0v) is 35.2. The third-order valence-corrected chi connectivity index (χ3v) is 12.3. The molecule has 0 radical (unpaired) electrons. The summed E-state index contributed by atoms with van der Waals surface area (Å²) in [5.74, 6) is 0.686. The lowest BCUT2D eigenvalue weighted by Gasteiger charge is -2.40. The van der Waals surface area contributed by atoms with Crippen molar-refractivity contribution in [2.24, 2.45) is 41.4 Å². The molecule has 302 valence electrons. The Morgan fingerprint density at radius 2 is 0.731 bits per heavy atom. The molecule has 9 heteroatoms. The summed E-state index contributed by atoms with van der Waals surface area (Å²) in [7, 11) is 0. The second kappa shape index (κ2) is 21.4. The first-order valence-electron chi connectivity index (χ1n) is 21.3. The molecule has 6 unspecified atom stereocenters. The van der Waals surface area contributed by atoms with Crippen LogP contribution in [0.1, 0.15) is 160 Å². The van der Waals surface area contributed by atoms with Gasteiger partial charge < -0.3 is 30.2 Å². The first kappa shape index (κ1) is 44.7. The van der Waals surface area contributed by atoms with Gasteiger partial charge in [-0.3, -0.25) is 14.4 Å². The molecule has 52 heavy (non-hydrogen) atoms. The van der Waals surface area contributed by atoms with Gasteiger partial charge in [-0.2, -0.15) is 0 Å². The third kappa shape index (κ3) is 14.2. The summed E-state index contributed by atoms with van der Waals surface area (Å²) in [5.41, 5.74) is 0. The minimum atomic E-state index is -0.942. The zero-order chi connectivity index (χ0) is 38.7. The van der Waals surface area contributed by atoms with E-state index in [1.165, 1.54) is 0 Å². The van der Waals surface area contributed by atoms with Gasteiger partial charge in [0.15, 0.2) is 5.92 Å². The lowest BCUT2D eigenvalue weighted by molar-refractivity contribution is -0.171. The van der Waals surface area contributed by atoms with E-state index in [0.29, 0.717) is 66.9 Å². The quantitative estimate of drug-likeness (QED) is 0.0559. The number of ether oxygens (including phenoxy) is 3. The first-order chi connectivity index (χ1) is 24.4. The van der Waals surface area contributed by atoms with Crippen molar-refractivity contribution in [3.8, 4) is 0 Å². The molecule has 3 rings (SSSR count). The molecule has 3 N–H and O–H groups in total. The van der Waals surface area contributed by atoms with Crippen molar-refractivity contribution in [3.63, 3.8) is 0 Å². The number of rotatable bonds is 18. The number of carbonyl (C=O) groups is 3. The van der Waals surface area contributed by atoms with Crippen LogP contribution in [0.5, 0.6) is 0 Å². The SMILES string of the molecule is CC(C)C1CC(OC(=O)CCCCCCC(C(=O)OC2CC(C(C)C)NC(C(C)C)C2)C(=O)OC2CC(C(C)C)NC(C(C)C)C2)CC(C(C)C)N1. The van der Waals surface area contributed by atoms with Gasteiger partial charge in [-0.1, -0.05) is 102 Å². The fourth-order valence-corrected chi connectivity index (χ4v) is 8.34. The van der Waals surface area contributed by atoms with E-state index in [1.807, 2.05) is 0 Å². The average molecular weight is 734 g/mol. The van der Waals surface area contributed by atoms with Gasteiger partial charge in [0.05, 0.1) is 0 Å². The van der Waals surface area contributed by atoms with Gasteiger partial charge in [-0.25, -0.2) is 0 Å². The van der Waals surface area contributed by atoms with E-state index in [-0.39, 0.29) is 48.4 Å². The molecule has 0 spiro atoms. The fraction of sp³-hybridized carbons (Fsp3) is 0.930. The molecule has 0 aromatic carbocycles. The zero-order valence-electron chi connectivity index (χ0n) is 35.2. The highest BCUT2D eigenvalue weighted by Gasteiger charge is 2.40. The van der Waals surface area contributed by atoms with E-state index < -0.39 is 17.9 Å². The lowest BCUT2D eigenvalue weighted by atomic mass is 9.85. The monoisotopic (exact) mass is 734 g/mol. The maximum atomic E-state index is 13.9. The minimum absolute atomic E-state index is 0.0375. The normalized spacial score (nSPS) is 30.7. The molecule has 3 aliphatic rings. The average Bonchev–Trinajstić information content (AvgIpc) is 3.07. The Morgan fingerprint density at radius 3 is 1.04 bits per heavy atom. The molecule has 9 nitrogen and oxygen atoms in total. The van der Waals surface area contributed by atoms with Crippen LogP contribution in [0.2, 0.25) is 0 Å². The molecule has 3 fully saturated rings. The van der Waals surface area contributed by atoms with Gasteiger partial charge >= 0.3 is 17.9 Å². The Hall–Kier alpha value is -1.71. The molecule has 6 atom stereocenters. The van der Waals surface area contributed by atoms with E-state index >= 15 is 0 Å². The van der Waals surface area contributed by atoms with E-state index in [0.717, 1.165) is 57.8 Å². The van der Waals surface area contributed by atoms with Gasteiger partial charge in [0.2, 0.25) is 0 Å². The summed E-state index contributed by atoms with van der Waals surface area (Å²) >= 11 is 0. The highest BCUT2D eigenvalue weighted by Crippen LogP contribution is 2.30. The van der Waals surface area contributed by atoms with Crippen molar-refractivity contribution in [2.75, 3.05) is 0 Å². The van der Waals surface area contributed by atoms with Gasteiger partial charge in [0.25, 0.3) is 0 Å². The van der Waals surface area contributed by atoms with Crippen LogP contribution in [-0.2, 0) is 28.6 Å². The molecule has 3 aliphatic heterocycles. The number of nitrogens with one attached hydrogen (secondary N) is 3. The molecule has 3 heterocycles. The van der Waals surface area contributed by atoms with E-state index in [4.69, 9.17) is 14.2 Å². The topological polar surface area (TPSA) is 115 Å². The van der Waals surface area contributed by atoms with Crippen molar-refractivity contribution in [1.29, 1.82) is 0 Å². The Morgan fingerprint density at radius 1 is 0.442 bits per heavy atom. The standard InChI is InChI=1S/C43H79N3O6/c1-25(2)35-19-31(20-36(44-35)26(3)4)50-41(47)18-16-14-13-15-17-34(42(48)51-32-21-37(27(5)6)45-38(22-32)28(7)8)43(49)52-33-23-39(29(9)10)46-40(24-33)30(11)12/h25-40,44-46H,13-24H2,1-12H3. The Labute approximate surface area is 318 Å². The molecule has 0 saturated carbocycles. The second-order valence-corrected chi connectivity index (χ2v) is 18.8. The fourth-order valence-electron chi connectivity index (χ4n) is 8.34. The maximum absolute atomic E-state index is 13.9. The van der Waals surface area contributed by atoms with Crippen molar-refractivity contribution in [2.45, 2.75) is 215 Å². The van der Waals surface area contributed by atoms with Crippen LogP contribution in [-0.4, -0.2) is 72.5 Å². The summed E-state index contributed by atoms with van der Waals surface area (Å²) < 4.78 is 18.4. The Balaban J connectivity index is 1.58. The third-order valence-electron chi connectivity index (χ3n) is 12.3. The number of esters is 3. The van der Waals surface area contributed by atoms with Crippen molar-refractivity contribution in [1.82, 2.24) is 16.0 Å². The number of hydrogen-bond acceptors (Lipinski definition) is 9. The van der Waals surface area contributed by atoms with E-state index in [2.05, 4.69) is 99.0 Å². The van der Waals surface area contributed by atoms with Gasteiger partial charge in [-0.05, 0) is 48.3 Å².